The molecule has 0 radical (unpaired) electrons. The number of aromatic nitrogens is 2. The lowest BCUT2D eigenvalue weighted by molar-refractivity contribution is -0.137. The van der Waals surface area contributed by atoms with Crippen LogP contribution >= 0.6 is 11.7 Å². The summed E-state index contributed by atoms with van der Waals surface area (Å²) >= 11 is 0.860. The van der Waals surface area contributed by atoms with E-state index in [0.29, 0.717) is 5.52 Å². The SMILES string of the molecule is CN(CC(=O)Nc1cccc(C(F)(F)F)c1)S(=O)(=O)c1cccc2nsnc12. The van der Waals surface area contributed by atoms with Crippen LogP contribution in [0.3, 0.4) is 0 Å². The van der Waals surface area contributed by atoms with Gasteiger partial charge >= 0.3 is 6.18 Å². The molecule has 0 saturated heterocycles. The number of fused-ring (bicyclic) bond motifs is 1. The molecule has 2 aromatic carbocycles. The van der Waals surface area contributed by atoms with Gasteiger partial charge in [-0.3, -0.25) is 4.79 Å². The smallest absolute Gasteiger partial charge is 0.325 e. The maximum atomic E-state index is 12.8. The fraction of sp³-hybridized carbons (Fsp3) is 0.188. The molecule has 0 bridgehead atoms. The lowest BCUT2D eigenvalue weighted by Crippen LogP contribution is -2.35. The fourth-order valence-electron chi connectivity index (χ4n) is 2.42. The Bertz CT molecular complexity index is 1130. The zero-order valence-corrected chi connectivity index (χ0v) is 15.9. The number of carbonyl (C=O) groups excluding carboxylic acids is 1. The van der Waals surface area contributed by atoms with E-state index < -0.39 is 34.2 Å². The van der Waals surface area contributed by atoms with Crippen LogP contribution in [0.15, 0.2) is 47.4 Å². The monoisotopic (exact) mass is 430 g/mol. The van der Waals surface area contributed by atoms with E-state index >= 15 is 0 Å². The lowest BCUT2D eigenvalue weighted by Gasteiger charge is -2.17. The second-order valence-corrected chi connectivity index (χ2v) is 8.32. The summed E-state index contributed by atoms with van der Waals surface area (Å²) in [6, 6.07) is 8.53. The standard InChI is InChI=1S/C16H13F3N4O3S2/c1-23(28(25,26)13-7-3-6-12-15(13)22-27-21-12)9-14(24)20-11-5-2-4-10(8-11)16(17,18)19/h2-8H,9H2,1H3,(H,20,24). The van der Waals surface area contributed by atoms with Crippen molar-refractivity contribution in [2.45, 2.75) is 11.1 Å². The first-order chi connectivity index (χ1) is 13.1. The molecule has 1 heterocycles. The van der Waals surface area contributed by atoms with Gasteiger partial charge in [-0.2, -0.15) is 26.2 Å². The van der Waals surface area contributed by atoms with Gasteiger partial charge in [0.15, 0.2) is 0 Å². The fourth-order valence-corrected chi connectivity index (χ4v) is 4.29. The highest BCUT2D eigenvalue weighted by atomic mass is 32.2. The number of rotatable bonds is 5. The minimum absolute atomic E-state index is 0.0866. The van der Waals surface area contributed by atoms with Gasteiger partial charge in [-0.15, -0.1) is 0 Å². The summed E-state index contributed by atoms with van der Waals surface area (Å²) in [7, 11) is -2.86. The molecule has 28 heavy (non-hydrogen) atoms. The number of benzene rings is 2. The van der Waals surface area contributed by atoms with Gasteiger partial charge in [-0.25, -0.2) is 8.42 Å². The molecule has 0 aliphatic heterocycles. The second kappa shape index (κ2) is 7.45. The molecule has 0 unspecified atom stereocenters. The third-order valence-corrected chi connectivity index (χ3v) is 6.15. The van der Waals surface area contributed by atoms with E-state index in [1.54, 1.807) is 6.07 Å². The van der Waals surface area contributed by atoms with Crippen LogP contribution in [0.5, 0.6) is 0 Å². The van der Waals surface area contributed by atoms with Crippen molar-refractivity contribution in [3.8, 4) is 0 Å². The summed E-state index contributed by atoms with van der Waals surface area (Å²) in [5, 5.41) is 2.27. The summed E-state index contributed by atoms with van der Waals surface area (Å²) < 4.78 is 72.5. The van der Waals surface area contributed by atoms with Gasteiger partial charge in [0.25, 0.3) is 0 Å². The van der Waals surface area contributed by atoms with Gasteiger partial charge in [-0.05, 0) is 30.3 Å². The minimum atomic E-state index is -4.55. The first-order valence-corrected chi connectivity index (χ1v) is 9.91. The summed E-state index contributed by atoms with van der Waals surface area (Å²) in [6.07, 6.45) is -4.55. The summed E-state index contributed by atoms with van der Waals surface area (Å²) in [5.41, 5.74) is -0.407. The molecule has 7 nitrogen and oxygen atoms in total. The van der Waals surface area contributed by atoms with E-state index in [-0.39, 0.29) is 16.1 Å². The summed E-state index contributed by atoms with van der Waals surface area (Å²) in [5.74, 6) is -0.783. The van der Waals surface area contributed by atoms with Crippen LogP contribution in [0.1, 0.15) is 5.56 Å². The van der Waals surface area contributed by atoms with Gasteiger partial charge in [0.2, 0.25) is 15.9 Å². The Hall–Kier alpha value is -2.57. The second-order valence-electron chi connectivity index (χ2n) is 5.78. The molecule has 148 valence electrons. The number of anilines is 1. The molecule has 1 amide bonds. The lowest BCUT2D eigenvalue weighted by atomic mass is 10.2. The topological polar surface area (TPSA) is 92.3 Å². The molecule has 0 spiro atoms. The maximum absolute atomic E-state index is 12.8. The van der Waals surface area contributed by atoms with Crippen molar-refractivity contribution in [2.24, 2.45) is 0 Å². The third kappa shape index (κ3) is 4.13. The van der Waals surface area contributed by atoms with Gasteiger partial charge in [0, 0.05) is 12.7 Å². The number of alkyl halides is 3. The van der Waals surface area contributed by atoms with E-state index in [2.05, 4.69) is 14.1 Å². The van der Waals surface area contributed by atoms with Gasteiger partial charge in [-0.1, -0.05) is 12.1 Å². The Morgan fingerprint density at radius 2 is 1.89 bits per heavy atom. The minimum Gasteiger partial charge on any atom is -0.325 e. The molecule has 0 atom stereocenters. The number of hydrogen-bond acceptors (Lipinski definition) is 6. The molecule has 0 saturated carbocycles. The number of amides is 1. The van der Waals surface area contributed by atoms with E-state index in [1.807, 2.05) is 0 Å². The molecule has 3 aromatic rings. The Balaban J connectivity index is 1.76. The summed E-state index contributed by atoms with van der Waals surface area (Å²) in [4.78, 5) is 12.0. The Labute approximate surface area is 162 Å². The van der Waals surface area contributed by atoms with Gasteiger partial charge in [0.05, 0.1) is 23.8 Å². The van der Waals surface area contributed by atoms with Crippen LogP contribution in [-0.4, -0.2) is 41.0 Å². The highest BCUT2D eigenvalue weighted by Gasteiger charge is 2.31. The van der Waals surface area contributed by atoms with Crippen molar-refractivity contribution in [2.75, 3.05) is 18.9 Å². The number of halogens is 3. The molecule has 3 rings (SSSR count). The van der Waals surface area contributed by atoms with E-state index in [1.165, 1.54) is 25.2 Å². The average molecular weight is 430 g/mol. The quantitative estimate of drug-likeness (QED) is 0.672. The number of hydrogen-bond donors (Lipinski definition) is 1. The predicted octanol–water partition coefficient (Wildman–Crippen LogP) is 2.97. The average Bonchev–Trinajstić information content (AvgIpc) is 3.09. The molecule has 1 aromatic heterocycles. The van der Waals surface area contributed by atoms with Crippen molar-refractivity contribution >= 4 is 44.4 Å². The van der Waals surface area contributed by atoms with Gasteiger partial charge < -0.3 is 5.32 Å². The Kier molecular flexibility index (Phi) is 5.37. The van der Waals surface area contributed by atoms with Crippen LogP contribution in [0.25, 0.3) is 11.0 Å². The van der Waals surface area contributed by atoms with Crippen LogP contribution in [0.2, 0.25) is 0 Å². The predicted molar refractivity (Wildman–Crippen MR) is 97.3 cm³/mol. The molecule has 0 aliphatic rings. The van der Waals surface area contributed by atoms with E-state index in [9.17, 15) is 26.4 Å². The number of sulfonamides is 1. The van der Waals surface area contributed by atoms with Crippen molar-refractivity contribution < 1.29 is 26.4 Å². The van der Waals surface area contributed by atoms with Crippen LogP contribution < -0.4 is 5.32 Å². The van der Waals surface area contributed by atoms with Crippen LogP contribution in [-0.2, 0) is 21.0 Å². The molecule has 0 aliphatic carbocycles. The third-order valence-electron chi connectivity index (χ3n) is 3.78. The van der Waals surface area contributed by atoms with Crippen LogP contribution in [0, 0.1) is 0 Å². The first-order valence-electron chi connectivity index (χ1n) is 7.74. The van der Waals surface area contributed by atoms with Crippen molar-refractivity contribution in [3.05, 3.63) is 48.0 Å². The molecule has 0 fully saturated rings. The largest absolute Gasteiger partial charge is 0.416 e. The molecule has 12 heteroatoms. The number of nitrogens with one attached hydrogen (secondary N) is 1. The molecular formula is C16H13F3N4O3S2. The van der Waals surface area contributed by atoms with Gasteiger partial charge in [0.1, 0.15) is 15.9 Å². The Morgan fingerprint density at radius 3 is 2.61 bits per heavy atom. The number of carbonyl (C=O) groups is 1. The normalized spacial score (nSPS) is 12.5. The highest BCUT2D eigenvalue weighted by Crippen LogP contribution is 2.30. The number of likely N-dealkylation sites (N-methyl/N-ethyl adjacent to an activating group) is 1. The van der Waals surface area contributed by atoms with Crippen molar-refractivity contribution in [1.29, 1.82) is 0 Å². The first kappa shape index (κ1) is 20.2. The molecule has 1 N–H and O–H groups in total. The highest BCUT2D eigenvalue weighted by molar-refractivity contribution is 7.89. The Morgan fingerprint density at radius 1 is 1.18 bits per heavy atom. The zero-order valence-electron chi connectivity index (χ0n) is 14.3. The van der Waals surface area contributed by atoms with E-state index in [4.69, 9.17) is 0 Å². The van der Waals surface area contributed by atoms with E-state index in [0.717, 1.165) is 34.2 Å². The van der Waals surface area contributed by atoms with Crippen molar-refractivity contribution in [1.82, 2.24) is 13.1 Å². The van der Waals surface area contributed by atoms with Crippen molar-refractivity contribution in [3.63, 3.8) is 0 Å². The zero-order chi connectivity index (χ0) is 20.5. The maximum Gasteiger partial charge on any atom is 0.416 e. The van der Waals surface area contributed by atoms with Crippen LogP contribution in [0.4, 0.5) is 18.9 Å². The molecular weight excluding hydrogens is 417 g/mol. The number of nitrogens with zero attached hydrogens (tertiary/aromatic N) is 3. The summed E-state index contributed by atoms with van der Waals surface area (Å²) in [6.45, 7) is -0.591.